The molecule has 8 nitrogen and oxygen atoms in total. The molecule has 1 aliphatic rings. The van der Waals surface area contributed by atoms with Crippen molar-refractivity contribution in [2.24, 2.45) is 18.7 Å². The Bertz CT molecular complexity index is 1400. The monoisotopic (exact) mass is 477 g/mol. The van der Waals surface area contributed by atoms with Crippen molar-refractivity contribution in [3.8, 4) is 17.3 Å². The zero-order valence-corrected chi connectivity index (χ0v) is 21.3. The smallest absolute Gasteiger partial charge is 0.254 e. The van der Waals surface area contributed by atoms with Gasteiger partial charge in [-0.1, -0.05) is 20.3 Å². The lowest BCUT2D eigenvalue weighted by Gasteiger charge is -2.30. The van der Waals surface area contributed by atoms with Crippen LogP contribution < -0.4 is 10.5 Å². The van der Waals surface area contributed by atoms with Crippen molar-refractivity contribution in [3.05, 3.63) is 35.6 Å². The Hall–Kier alpha value is -3.26. The molecule has 0 saturated carbocycles. The van der Waals surface area contributed by atoms with E-state index in [1.165, 1.54) is 0 Å². The van der Waals surface area contributed by atoms with Gasteiger partial charge in [0.25, 0.3) is 5.91 Å². The Morgan fingerprint density at radius 3 is 2.83 bits per heavy atom. The number of hydrogen-bond donors (Lipinski definition) is 1. The summed E-state index contributed by atoms with van der Waals surface area (Å²) in [6.45, 7) is 8.55. The molecule has 1 unspecified atom stereocenters. The number of fused-ring (bicyclic) bond motifs is 2. The third-order valence-corrected chi connectivity index (χ3v) is 7.26. The highest BCUT2D eigenvalue weighted by atomic mass is 16.5. The van der Waals surface area contributed by atoms with Gasteiger partial charge in [-0.2, -0.15) is 0 Å². The number of nitrogens with zero attached hydrogens (tertiary/aromatic N) is 4. The van der Waals surface area contributed by atoms with E-state index in [1.807, 2.05) is 35.6 Å². The zero-order chi connectivity index (χ0) is 24.9. The van der Waals surface area contributed by atoms with Crippen LogP contribution in [0.4, 0.5) is 0 Å². The number of benzene rings is 1. The first kappa shape index (κ1) is 23.5. The van der Waals surface area contributed by atoms with Gasteiger partial charge < -0.3 is 28.9 Å². The molecule has 2 atom stereocenters. The number of hydrogen-bond acceptors (Lipinski definition) is 5. The van der Waals surface area contributed by atoms with E-state index in [9.17, 15) is 4.79 Å². The topological polar surface area (TPSA) is 91.5 Å². The van der Waals surface area contributed by atoms with E-state index in [-0.39, 0.29) is 11.9 Å². The Kier molecular flexibility index (Phi) is 6.09. The van der Waals surface area contributed by atoms with Gasteiger partial charge in [-0.3, -0.25) is 4.79 Å². The van der Waals surface area contributed by atoms with Gasteiger partial charge in [0.15, 0.2) is 5.82 Å². The number of methoxy groups -OCH3 is 1. The number of nitrogens with two attached hydrogens (primary N) is 1. The van der Waals surface area contributed by atoms with Gasteiger partial charge in [-0.15, -0.1) is 0 Å². The van der Waals surface area contributed by atoms with Gasteiger partial charge in [0.05, 0.1) is 18.3 Å². The molecule has 5 rings (SSSR count). The van der Waals surface area contributed by atoms with E-state index < -0.39 is 0 Å². The molecule has 0 spiro atoms. The first-order valence-corrected chi connectivity index (χ1v) is 12.5. The van der Waals surface area contributed by atoms with Crippen molar-refractivity contribution in [1.29, 1.82) is 0 Å². The average molecular weight is 478 g/mol. The van der Waals surface area contributed by atoms with Crippen LogP contribution in [0.1, 0.15) is 49.2 Å². The van der Waals surface area contributed by atoms with Crippen LogP contribution in [0.25, 0.3) is 33.7 Å². The van der Waals surface area contributed by atoms with Gasteiger partial charge in [0.2, 0.25) is 5.71 Å². The number of rotatable bonds is 6. The average Bonchev–Trinajstić information content (AvgIpc) is 3.48. The van der Waals surface area contributed by atoms with E-state index in [2.05, 4.69) is 30.5 Å². The number of aryl methyl sites for hydroxylation is 2. The summed E-state index contributed by atoms with van der Waals surface area (Å²) in [5.74, 6) is 2.80. The number of imidazole rings is 1. The molecule has 4 aromatic rings. The van der Waals surface area contributed by atoms with E-state index in [0.717, 1.165) is 71.8 Å². The molecule has 35 heavy (non-hydrogen) atoms. The van der Waals surface area contributed by atoms with Gasteiger partial charge in [0, 0.05) is 43.7 Å². The third-order valence-electron chi connectivity index (χ3n) is 7.26. The van der Waals surface area contributed by atoms with Crippen molar-refractivity contribution < 1.29 is 13.9 Å². The number of piperidine rings is 1. The largest absolute Gasteiger partial charge is 0.494 e. The summed E-state index contributed by atoms with van der Waals surface area (Å²) in [5.41, 5.74) is 10.2. The van der Waals surface area contributed by atoms with Crippen LogP contribution in [0, 0.1) is 12.8 Å². The van der Waals surface area contributed by atoms with Crippen molar-refractivity contribution in [2.75, 3.05) is 20.2 Å². The van der Waals surface area contributed by atoms with Crippen LogP contribution >= 0.6 is 0 Å². The molecule has 3 aromatic heterocycles. The van der Waals surface area contributed by atoms with E-state index in [0.29, 0.717) is 23.8 Å². The number of amides is 1. The Balaban J connectivity index is 1.63. The van der Waals surface area contributed by atoms with Crippen molar-refractivity contribution in [2.45, 2.75) is 52.6 Å². The van der Waals surface area contributed by atoms with Crippen molar-refractivity contribution in [1.82, 2.24) is 19.0 Å². The molecule has 1 aromatic carbocycles. The highest BCUT2D eigenvalue weighted by Gasteiger charge is 2.26. The molecule has 4 heterocycles. The minimum atomic E-state index is -0.0271. The summed E-state index contributed by atoms with van der Waals surface area (Å²) in [6.07, 6.45) is 2.95. The molecule has 0 radical (unpaired) electrons. The molecule has 1 aliphatic heterocycles. The molecule has 8 heteroatoms. The fourth-order valence-electron chi connectivity index (χ4n) is 5.17. The quantitative estimate of drug-likeness (QED) is 0.434. The summed E-state index contributed by atoms with van der Waals surface area (Å²) in [5, 5.41) is 1.07. The molecule has 0 aliphatic carbocycles. The van der Waals surface area contributed by atoms with Gasteiger partial charge >= 0.3 is 0 Å². The first-order chi connectivity index (χ1) is 16.8. The van der Waals surface area contributed by atoms with Crippen LogP contribution in [0.3, 0.4) is 0 Å². The maximum absolute atomic E-state index is 13.3. The van der Waals surface area contributed by atoms with Gasteiger partial charge in [0.1, 0.15) is 17.0 Å². The third kappa shape index (κ3) is 4.10. The SMILES string of the molecule is CCC(C)Cn1c(-c2nc3cc(C(=O)N4CCC[C@@H](N)C4)cc(OC)c3n2C)cc2cc(C)oc21. The maximum Gasteiger partial charge on any atom is 0.254 e. The Morgan fingerprint density at radius 2 is 2.11 bits per heavy atom. The molecular formula is C27H35N5O3. The Morgan fingerprint density at radius 1 is 1.31 bits per heavy atom. The molecule has 1 amide bonds. The Labute approximate surface area is 205 Å². The van der Waals surface area contributed by atoms with Crippen LogP contribution in [-0.2, 0) is 13.6 Å². The molecule has 1 fully saturated rings. The van der Waals surface area contributed by atoms with Crippen LogP contribution in [0.15, 0.2) is 28.7 Å². The van der Waals surface area contributed by atoms with Gasteiger partial charge in [-0.25, -0.2) is 4.98 Å². The summed E-state index contributed by atoms with van der Waals surface area (Å²) in [6, 6.07) is 7.93. The van der Waals surface area contributed by atoms with E-state index in [1.54, 1.807) is 7.11 Å². The number of carbonyl (C=O) groups excluding carboxylic acids is 1. The predicted molar refractivity (Wildman–Crippen MR) is 138 cm³/mol. The normalized spacial score (nSPS) is 17.4. The lowest BCUT2D eigenvalue weighted by Crippen LogP contribution is -2.45. The second-order valence-corrected chi connectivity index (χ2v) is 9.97. The first-order valence-electron chi connectivity index (χ1n) is 12.5. The molecular weight excluding hydrogens is 442 g/mol. The molecule has 0 bridgehead atoms. The lowest BCUT2D eigenvalue weighted by atomic mass is 10.0. The number of furan rings is 1. The predicted octanol–water partition coefficient (Wildman–Crippen LogP) is 4.71. The number of carbonyl (C=O) groups is 1. The van der Waals surface area contributed by atoms with Crippen LogP contribution in [0.2, 0.25) is 0 Å². The fourth-order valence-corrected chi connectivity index (χ4v) is 5.17. The highest BCUT2D eigenvalue weighted by Crippen LogP contribution is 2.36. The number of ether oxygens (including phenoxy) is 1. The zero-order valence-electron chi connectivity index (χ0n) is 21.3. The minimum absolute atomic E-state index is 0.0271. The highest BCUT2D eigenvalue weighted by molar-refractivity contribution is 6.00. The lowest BCUT2D eigenvalue weighted by molar-refractivity contribution is 0.0708. The van der Waals surface area contributed by atoms with Crippen LogP contribution in [-0.4, -0.2) is 51.2 Å². The van der Waals surface area contributed by atoms with Gasteiger partial charge in [-0.05, 0) is 49.9 Å². The van der Waals surface area contributed by atoms with Crippen molar-refractivity contribution in [3.63, 3.8) is 0 Å². The number of likely N-dealkylation sites (tertiary alicyclic amines) is 1. The molecule has 2 N–H and O–H groups in total. The summed E-state index contributed by atoms with van der Waals surface area (Å²) in [7, 11) is 3.63. The van der Waals surface area contributed by atoms with Crippen molar-refractivity contribution >= 4 is 28.0 Å². The fraction of sp³-hybridized carbons (Fsp3) is 0.481. The molecule has 1 saturated heterocycles. The standard InChI is InChI=1S/C27H35N5O3/c1-6-16(2)14-32-22(12-19-10-17(3)35-27(19)32)25-29-21-11-18(13-23(34-5)24(21)30(25)4)26(33)31-9-7-8-20(28)15-31/h10-13,16,20H,6-9,14-15,28H2,1-5H3/t16?,20-/m1/s1. The van der Waals surface area contributed by atoms with E-state index in [4.69, 9.17) is 19.9 Å². The molecule has 186 valence electrons. The summed E-state index contributed by atoms with van der Waals surface area (Å²) < 4.78 is 16.1. The summed E-state index contributed by atoms with van der Waals surface area (Å²) in [4.78, 5) is 20.2. The minimum Gasteiger partial charge on any atom is -0.494 e. The van der Waals surface area contributed by atoms with E-state index >= 15 is 0 Å². The number of aromatic nitrogens is 3. The van der Waals surface area contributed by atoms with Crippen LogP contribution in [0.5, 0.6) is 5.75 Å². The second kappa shape index (κ2) is 9.07. The summed E-state index contributed by atoms with van der Waals surface area (Å²) >= 11 is 0. The maximum atomic E-state index is 13.3. The second-order valence-electron chi connectivity index (χ2n) is 9.97.